The summed E-state index contributed by atoms with van der Waals surface area (Å²) >= 11 is 0. The number of esters is 1. The number of ketones is 1. The SMILES string of the molecule is CCCCCCCCCC(=O)CCCCCC(=O)Oc1ccccc1. The minimum atomic E-state index is -0.194. The molecule has 0 fully saturated rings. The number of carbonyl (C=O) groups is 2. The second-order valence-electron chi connectivity index (χ2n) is 6.76. The smallest absolute Gasteiger partial charge is 0.311 e. The first-order chi connectivity index (χ1) is 12.2. The number of para-hydroxylation sites is 1. The fourth-order valence-electron chi connectivity index (χ4n) is 2.84. The van der Waals surface area contributed by atoms with E-state index in [-0.39, 0.29) is 5.97 Å². The second kappa shape index (κ2) is 14.7. The highest BCUT2D eigenvalue weighted by Crippen LogP contribution is 2.13. The fraction of sp³-hybridized carbons (Fsp3) is 0.636. The van der Waals surface area contributed by atoms with Gasteiger partial charge in [0.1, 0.15) is 11.5 Å². The molecular formula is C22H34O3. The molecule has 0 N–H and O–H groups in total. The Morgan fingerprint density at radius 3 is 1.88 bits per heavy atom. The first-order valence-electron chi connectivity index (χ1n) is 9.99. The predicted octanol–water partition coefficient (Wildman–Crippen LogP) is 6.25. The molecule has 0 aliphatic heterocycles. The Morgan fingerprint density at radius 1 is 0.720 bits per heavy atom. The van der Waals surface area contributed by atoms with Crippen LogP contribution < -0.4 is 4.74 Å². The topological polar surface area (TPSA) is 43.4 Å². The van der Waals surface area contributed by atoms with Crippen molar-refractivity contribution in [3.05, 3.63) is 30.3 Å². The molecule has 0 bridgehead atoms. The second-order valence-corrected chi connectivity index (χ2v) is 6.76. The van der Waals surface area contributed by atoms with E-state index in [1.807, 2.05) is 18.2 Å². The maximum atomic E-state index is 11.8. The average molecular weight is 347 g/mol. The van der Waals surface area contributed by atoms with Crippen LogP contribution in [-0.2, 0) is 9.59 Å². The van der Waals surface area contributed by atoms with Crippen LogP contribution in [0.4, 0.5) is 0 Å². The van der Waals surface area contributed by atoms with Crippen LogP contribution in [0.1, 0.15) is 90.4 Å². The lowest BCUT2D eigenvalue weighted by Crippen LogP contribution is -2.07. The van der Waals surface area contributed by atoms with Gasteiger partial charge in [0.15, 0.2) is 0 Å². The van der Waals surface area contributed by atoms with Gasteiger partial charge in [-0.1, -0.05) is 70.1 Å². The van der Waals surface area contributed by atoms with Gasteiger partial charge in [0, 0.05) is 19.3 Å². The molecule has 0 aliphatic rings. The lowest BCUT2D eigenvalue weighted by molar-refractivity contribution is -0.134. The molecule has 0 amide bonds. The molecule has 3 heteroatoms. The van der Waals surface area contributed by atoms with Gasteiger partial charge in [-0.05, 0) is 31.4 Å². The average Bonchev–Trinajstić information content (AvgIpc) is 2.61. The van der Waals surface area contributed by atoms with Gasteiger partial charge in [-0.15, -0.1) is 0 Å². The highest BCUT2D eigenvalue weighted by Gasteiger charge is 2.05. The van der Waals surface area contributed by atoms with Crippen LogP contribution in [0.15, 0.2) is 30.3 Å². The summed E-state index contributed by atoms with van der Waals surface area (Å²) in [5, 5.41) is 0. The third-order valence-electron chi connectivity index (χ3n) is 4.37. The van der Waals surface area contributed by atoms with Crippen LogP contribution in [0.5, 0.6) is 5.75 Å². The Labute approximate surface area is 153 Å². The summed E-state index contributed by atoms with van der Waals surface area (Å²) in [7, 11) is 0. The van der Waals surface area contributed by atoms with Crippen LogP contribution in [0.25, 0.3) is 0 Å². The van der Waals surface area contributed by atoms with E-state index in [1.54, 1.807) is 12.1 Å². The van der Waals surface area contributed by atoms with Gasteiger partial charge in [0.25, 0.3) is 0 Å². The van der Waals surface area contributed by atoms with E-state index >= 15 is 0 Å². The van der Waals surface area contributed by atoms with Crippen molar-refractivity contribution in [1.82, 2.24) is 0 Å². The maximum absolute atomic E-state index is 11.8. The van der Waals surface area contributed by atoms with E-state index in [1.165, 1.54) is 38.5 Å². The van der Waals surface area contributed by atoms with Gasteiger partial charge in [0.05, 0.1) is 0 Å². The van der Waals surface area contributed by atoms with Crippen molar-refractivity contribution in [3.8, 4) is 5.75 Å². The molecule has 3 nitrogen and oxygen atoms in total. The van der Waals surface area contributed by atoms with Crippen molar-refractivity contribution in [2.45, 2.75) is 90.4 Å². The highest BCUT2D eigenvalue weighted by molar-refractivity contribution is 5.78. The van der Waals surface area contributed by atoms with Crippen LogP contribution in [-0.4, -0.2) is 11.8 Å². The minimum absolute atomic E-state index is 0.194. The van der Waals surface area contributed by atoms with Crippen molar-refractivity contribution in [3.63, 3.8) is 0 Å². The molecule has 1 aromatic rings. The third-order valence-corrected chi connectivity index (χ3v) is 4.37. The van der Waals surface area contributed by atoms with Crippen molar-refractivity contribution in [2.24, 2.45) is 0 Å². The maximum Gasteiger partial charge on any atom is 0.311 e. The summed E-state index contributed by atoms with van der Waals surface area (Å²) in [5.41, 5.74) is 0. The number of benzene rings is 1. The first kappa shape index (κ1) is 21.4. The van der Waals surface area contributed by atoms with E-state index in [2.05, 4.69) is 6.92 Å². The molecule has 0 atom stereocenters. The molecular weight excluding hydrogens is 312 g/mol. The molecule has 0 aliphatic carbocycles. The van der Waals surface area contributed by atoms with Crippen molar-refractivity contribution >= 4 is 11.8 Å². The van der Waals surface area contributed by atoms with Crippen LogP contribution in [0, 0.1) is 0 Å². The molecule has 1 rings (SSSR count). The zero-order valence-corrected chi connectivity index (χ0v) is 15.8. The molecule has 0 saturated carbocycles. The van der Waals surface area contributed by atoms with E-state index < -0.39 is 0 Å². The van der Waals surface area contributed by atoms with E-state index in [0.717, 1.165) is 32.1 Å². The molecule has 140 valence electrons. The number of hydrogen-bond acceptors (Lipinski definition) is 3. The van der Waals surface area contributed by atoms with Gasteiger partial charge >= 0.3 is 5.97 Å². The molecule has 25 heavy (non-hydrogen) atoms. The van der Waals surface area contributed by atoms with Gasteiger partial charge in [-0.25, -0.2) is 0 Å². The normalized spacial score (nSPS) is 10.6. The number of hydrogen-bond donors (Lipinski definition) is 0. The quantitative estimate of drug-likeness (QED) is 0.214. The molecule has 0 heterocycles. The van der Waals surface area contributed by atoms with Crippen LogP contribution in [0.2, 0.25) is 0 Å². The minimum Gasteiger partial charge on any atom is -0.427 e. The largest absolute Gasteiger partial charge is 0.427 e. The number of Topliss-reactive ketones (excluding diaryl/α,β-unsaturated/α-hetero) is 1. The Kier molecular flexibility index (Phi) is 12.6. The Balaban J connectivity index is 1.91. The molecule has 0 unspecified atom stereocenters. The van der Waals surface area contributed by atoms with Crippen LogP contribution >= 0.6 is 0 Å². The number of ether oxygens (including phenoxy) is 1. The van der Waals surface area contributed by atoms with E-state index in [0.29, 0.717) is 24.4 Å². The zero-order valence-electron chi connectivity index (χ0n) is 15.8. The van der Waals surface area contributed by atoms with Crippen molar-refractivity contribution < 1.29 is 14.3 Å². The third kappa shape index (κ3) is 12.4. The monoisotopic (exact) mass is 346 g/mol. The number of unbranched alkanes of at least 4 members (excludes halogenated alkanes) is 8. The van der Waals surface area contributed by atoms with E-state index in [9.17, 15) is 9.59 Å². The zero-order chi connectivity index (χ0) is 18.2. The lowest BCUT2D eigenvalue weighted by Gasteiger charge is -2.04. The summed E-state index contributed by atoms with van der Waals surface area (Å²) in [5.74, 6) is 0.776. The molecule has 1 aromatic carbocycles. The fourth-order valence-corrected chi connectivity index (χ4v) is 2.84. The number of rotatable bonds is 15. The van der Waals surface area contributed by atoms with Gasteiger partial charge in [0.2, 0.25) is 0 Å². The molecule has 0 saturated heterocycles. The van der Waals surface area contributed by atoms with E-state index in [4.69, 9.17) is 4.74 Å². The van der Waals surface area contributed by atoms with Gasteiger partial charge in [-0.2, -0.15) is 0 Å². The summed E-state index contributed by atoms with van der Waals surface area (Å²) in [4.78, 5) is 23.5. The first-order valence-corrected chi connectivity index (χ1v) is 9.99. The Bertz CT molecular complexity index is 467. The van der Waals surface area contributed by atoms with Crippen LogP contribution in [0.3, 0.4) is 0 Å². The van der Waals surface area contributed by atoms with Gasteiger partial charge in [-0.3, -0.25) is 9.59 Å². The Hall–Kier alpha value is -1.64. The highest BCUT2D eigenvalue weighted by atomic mass is 16.5. The molecule has 0 spiro atoms. The van der Waals surface area contributed by atoms with Gasteiger partial charge < -0.3 is 4.74 Å². The Morgan fingerprint density at radius 2 is 1.24 bits per heavy atom. The number of carbonyl (C=O) groups excluding carboxylic acids is 2. The lowest BCUT2D eigenvalue weighted by atomic mass is 10.0. The summed E-state index contributed by atoms with van der Waals surface area (Å²) in [6.45, 7) is 2.23. The summed E-state index contributed by atoms with van der Waals surface area (Å²) in [6.07, 6.45) is 13.1. The van der Waals surface area contributed by atoms with Crippen molar-refractivity contribution in [2.75, 3.05) is 0 Å². The van der Waals surface area contributed by atoms with Crippen molar-refractivity contribution in [1.29, 1.82) is 0 Å². The summed E-state index contributed by atoms with van der Waals surface area (Å²) < 4.78 is 5.24. The predicted molar refractivity (Wildman–Crippen MR) is 103 cm³/mol. The standard InChI is InChI=1S/C22H34O3/c1-2-3-4-5-6-7-10-15-20(23)16-11-8-14-19-22(24)25-21-17-12-9-13-18-21/h9,12-13,17-18H,2-8,10-11,14-16,19H2,1H3. The molecule has 0 aromatic heterocycles. The summed E-state index contributed by atoms with van der Waals surface area (Å²) in [6, 6.07) is 9.14. The molecule has 0 radical (unpaired) electrons.